The first-order valence-electron chi connectivity index (χ1n) is 2.71. The van der Waals surface area contributed by atoms with Gasteiger partial charge >= 0.3 is 29.6 Å². The van der Waals surface area contributed by atoms with Crippen molar-refractivity contribution in [2.24, 2.45) is 0 Å². The Morgan fingerprint density at radius 1 is 1.33 bits per heavy atom. The van der Waals surface area contributed by atoms with Crippen LogP contribution in [0.5, 0.6) is 0 Å². The van der Waals surface area contributed by atoms with Crippen molar-refractivity contribution in [1.82, 2.24) is 0 Å². The van der Waals surface area contributed by atoms with Crippen LogP contribution in [-0.4, -0.2) is 13.0 Å². The van der Waals surface area contributed by atoms with Gasteiger partial charge in [-0.15, -0.1) is 0 Å². The summed E-state index contributed by atoms with van der Waals surface area (Å²) in [6.07, 6.45) is 0. The molecule has 0 N–H and O–H groups in total. The summed E-state index contributed by atoms with van der Waals surface area (Å²) in [5, 5.41) is 0.238. The van der Waals surface area contributed by atoms with E-state index >= 15 is 0 Å². The van der Waals surface area contributed by atoms with Gasteiger partial charge in [0.2, 0.25) is 0 Å². The topological polar surface area (TPSA) is 57.2 Å². The van der Waals surface area contributed by atoms with E-state index in [0.29, 0.717) is 0 Å². The molecular formula is C6H4ClNaO3S. The Morgan fingerprint density at radius 2 is 1.92 bits per heavy atom. The van der Waals surface area contributed by atoms with Gasteiger partial charge < -0.3 is 4.55 Å². The molecule has 0 bridgehead atoms. The maximum absolute atomic E-state index is 10.4. The van der Waals surface area contributed by atoms with E-state index in [2.05, 4.69) is 0 Å². The molecule has 0 aliphatic heterocycles. The molecule has 60 valence electrons. The minimum absolute atomic E-state index is 0. The molecule has 0 radical (unpaired) electrons. The van der Waals surface area contributed by atoms with Gasteiger partial charge in [-0.1, -0.05) is 17.7 Å². The fourth-order valence-electron chi connectivity index (χ4n) is 0.623. The quantitative estimate of drug-likeness (QED) is 0.412. The minimum atomic E-state index is -4.36. The Morgan fingerprint density at radius 3 is 2.25 bits per heavy atom. The fraction of sp³-hybridized carbons (Fsp3) is 0. The van der Waals surface area contributed by atoms with E-state index in [9.17, 15) is 13.0 Å². The number of benzene rings is 1. The molecule has 0 amide bonds. The number of hydrogen-bond donors (Lipinski definition) is 0. The van der Waals surface area contributed by atoms with Crippen molar-refractivity contribution in [1.29, 1.82) is 0 Å². The molecule has 0 heterocycles. The van der Waals surface area contributed by atoms with Crippen molar-refractivity contribution in [2.45, 2.75) is 4.90 Å². The van der Waals surface area contributed by atoms with E-state index in [-0.39, 0.29) is 39.5 Å². The summed E-state index contributed by atoms with van der Waals surface area (Å²) in [5.41, 5.74) is 0. The number of halogens is 1. The summed E-state index contributed by atoms with van der Waals surface area (Å²) in [6, 6.07) is 5.22. The fourth-order valence-corrected chi connectivity index (χ4v) is 1.39. The van der Waals surface area contributed by atoms with Crippen LogP contribution in [0.3, 0.4) is 0 Å². The van der Waals surface area contributed by atoms with Crippen LogP contribution in [0.15, 0.2) is 29.2 Å². The smallest absolute Gasteiger partial charge is 0.744 e. The average molecular weight is 215 g/mol. The van der Waals surface area contributed by atoms with Crippen LogP contribution in [0.4, 0.5) is 0 Å². The van der Waals surface area contributed by atoms with E-state index in [1.54, 1.807) is 0 Å². The Balaban J connectivity index is 0.00000121. The van der Waals surface area contributed by atoms with Crippen LogP contribution in [0.1, 0.15) is 0 Å². The summed E-state index contributed by atoms with van der Waals surface area (Å²) in [6.45, 7) is 0. The third kappa shape index (κ3) is 3.43. The van der Waals surface area contributed by atoms with Crippen molar-refractivity contribution < 1.29 is 42.5 Å². The van der Waals surface area contributed by atoms with Gasteiger partial charge in [0.25, 0.3) is 0 Å². The summed E-state index contributed by atoms with van der Waals surface area (Å²) >= 11 is 5.45. The van der Waals surface area contributed by atoms with Gasteiger partial charge in [-0.2, -0.15) is 0 Å². The molecule has 0 saturated carbocycles. The van der Waals surface area contributed by atoms with Crippen molar-refractivity contribution >= 4 is 21.7 Å². The normalized spacial score (nSPS) is 10.5. The SMILES string of the molecule is O=S(=O)([O-])c1cccc(Cl)c1.[Na+]. The van der Waals surface area contributed by atoms with Crippen LogP contribution in [0, 0.1) is 0 Å². The van der Waals surface area contributed by atoms with E-state index in [4.69, 9.17) is 11.6 Å². The first-order valence-corrected chi connectivity index (χ1v) is 4.50. The summed E-state index contributed by atoms with van der Waals surface area (Å²) in [5.74, 6) is 0. The first-order chi connectivity index (χ1) is 5.00. The Kier molecular flexibility index (Phi) is 4.76. The van der Waals surface area contributed by atoms with E-state index in [1.165, 1.54) is 18.2 Å². The average Bonchev–Trinajstić information content (AvgIpc) is 1.86. The maximum Gasteiger partial charge on any atom is 1.00 e. The molecule has 0 aliphatic carbocycles. The predicted octanol–water partition coefficient (Wildman–Crippen LogP) is -1.75. The molecule has 12 heavy (non-hydrogen) atoms. The standard InChI is InChI=1S/C6H5ClO3S.Na/c7-5-2-1-3-6(4-5)11(8,9)10;/h1-4H,(H,8,9,10);/q;+1/p-1. The molecule has 0 fully saturated rings. The van der Waals surface area contributed by atoms with Gasteiger partial charge in [-0.05, 0) is 18.2 Å². The molecule has 0 atom stereocenters. The van der Waals surface area contributed by atoms with Gasteiger partial charge in [0, 0.05) is 5.02 Å². The molecule has 6 heteroatoms. The van der Waals surface area contributed by atoms with Crippen molar-refractivity contribution in [3.63, 3.8) is 0 Å². The van der Waals surface area contributed by atoms with Crippen molar-refractivity contribution in [2.75, 3.05) is 0 Å². The zero-order valence-corrected chi connectivity index (χ0v) is 9.89. The largest absolute Gasteiger partial charge is 1.00 e. The summed E-state index contributed by atoms with van der Waals surface area (Å²) < 4.78 is 31.1. The zero-order chi connectivity index (χ0) is 8.48. The first kappa shape index (κ1) is 12.4. The Hall–Kier alpha value is 0.420. The third-order valence-electron chi connectivity index (χ3n) is 1.08. The molecule has 1 aromatic carbocycles. The number of hydrogen-bond acceptors (Lipinski definition) is 3. The molecular weight excluding hydrogens is 211 g/mol. The van der Waals surface area contributed by atoms with E-state index < -0.39 is 10.1 Å². The molecule has 1 aromatic rings. The number of rotatable bonds is 1. The van der Waals surface area contributed by atoms with Crippen LogP contribution in [0.2, 0.25) is 5.02 Å². The second-order valence-electron chi connectivity index (χ2n) is 1.91. The maximum atomic E-state index is 10.4. The van der Waals surface area contributed by atoms with Crippen LogP contribution in [0.25, 0.3) is 0 Å². The molecule has 0 spiro atoms. The van der Waals surface area contributed by atoms with Crippen molar-refractivity contribution in [3.05, 3.63) is 29.3 Å². The van der Waals surface area contributed by atoms with E-state index in [0.717, 1.165) is 6.07 Å². The van der Waals surface area contributed by atoms with Crippen LogP contribution in [-0.2, 0) is 10.1 Å². The van der Waals surface area contributed by atoms with Gasteiger partial charge in [0.1, 0.15) is 10.1 Å². The molecule has 0 aliphatic rings. The zero-order valence-electron chi connectivity index (χ0n) is 6.32. The molecule has 0 unspecified atom stereocenters. The molecule has 0 aromatic heterocycles. The monoisotopic (exact) mass is 214 g/mol. The van der Waals surface area contributed by atoms with Gasteiger partial charge in [-0.25, -0.2) is 8.42 Å². The van der Waals surface area contributed by atoms with Gasteiger partial charge in [0.15, 0.2) is 0 Å². The van der Waals surface area contributed by atoms with Crippen LogP contribution < -0.4 is 29.6 Å². The second-order valence-corrected chi connectivity index (χ2v) is 3.73. The Labute approximate surface area is 97.8 Å². The molecule has 1 rings (SSSR count). The van der Waals surface area contributed by atoms with E-state index in [1.807, 2.05) is 0 Å². The predicted molar refractivity (Wildman–Crippen MR) is 39.4 cm³/mol. The third-order valence-corrected chi connectivity index (χ3v) is 2.15. The van der Waals surface area contributed by atoms with Crippen molar-refractivity contribution in [3.8, 4) is 0 Å². The second kappa shape index (κ2) is 4.60. The molecule has 3 nitrogen and oxygen atoms in total. The summed E-state index contributed by atoms with van der Waals surface area (Å²) in [7, 11) is -4.36. The van der Waals surface area contributed by atoms with Gasteiger partial charge in [-0.3, -0.25) is 0 Å². The van der Waals surface area contributed by atoms with Gasteiger partial charge in [0.05, 0.1) is 4.90 Å². The minimum Gasteiger partial charge on any atom is -0.744 e. The Bertz CT molecular complexity index is 363. The molecule has 0 saturated heterocycles. The van der Waals surface area contributed by atoms with Crippen LogP contribution >= 0.6 is 11.6 Å². The summed E-state index contributed by atoms with van der Waals surface area (Å²) in [4.78, 5) is -0.301.